The number of halogens is 1. The lowest BCUT2D eigenvalue weighted by molar-refractivity contribution is -0.116. The fourth-order valence-corrected chi connectivity index (χ4v) is 2.92. The molecule has 0 aliphatic carbocycles. The summed E-state index contributed by atoms with van der Waals surface area (Å²) >= 11 is 4.70. The van der Waals surface area contributed by atoms with E-state index >= 15 is 0 Å². The molecule has 0 atom stereocenters. The fraction of sp³-hybridized carbons (Fsp3) is 0.333. The molecule has 3 N–H and O–H groups in total. The van der Waals surface area contributed by atoms with Crippen LogP contribution in [0.1, 0.15) is 24.8 Å². The fourth-order valence-electron chi connectivity index (χ4n) is 1.80. The summed E-state index contributed by atoms with van der Waals surface area (Å²) in [5.41, 5.74) is 0.678. The van der Waals surface area contributed by atoms with Crippen LogP contribution >= 0.6 is 27.3 Å². The van der Waals surface area contributed by atoms with Crippen molar-refractivity contribution >= 4 is 50.0 Å². The van der Waals surface area contributed by atoms with Crippen molar-refractivity contribution in [3.05, 3.63) is 33.7 Å². The Morgan fingerprint density at radius 3 is 2.62 bits per heavy atom. The predicted molar refractivity (Wildman–Crippen MR) is 98.3 cm³/mol. The molecule has 1 aromatic carbocycles. The average Bonchev–Trinajstić information content (AvgIpc) is 2.97. The van der Waals surface area contributed by atoms with Crippen LogP contribution in [-0.2, 0) is 11.2 Å². The van der Waals surface area contributed by atoms with E-state index in [1.807, 2.05) is 12.1 Å². The third-order valence-corrected chi connectivity index (χ3v) is 4.34. The molecule has 1 aromatic heterocycles. The number of anilines is 2. The largest absolute Gasteiger partial charge is 0.337 e. The number of rotatable bonds is 7. The molecule has 0 bridgehead atoms. The summed E-state index contributed by atoms with van der Waals surface area (Å²) in [6.45, 7) is 2.29. The summed E-state index contributed by atoms with van der Waals surface area (Å²) in [5.74, 6) is -0.210. The van der Waals surface area contributed by atoms with Crippen molar-refractivity contribution in [3.63, 3.8) is 0 Å². The van der Waals surface area contributed by atoms with Crippen molar-refractivity contribution in [2.75, 3.05) is 17.2 Å². The second kappa shape index (κ2) is 9.33. The number of nitrogens with one attached hydrogen (secondary N) is 3. The van der Waals surface area contributed by atoms with E-state index in [9.17, 15) is 9.59 Å². The lowest BCUT2D eigenvalue weighted by Gasteiger charge is -2.07. The van der Waals surface area contributed by atoms with E-state index in [2.05, 4.69) is 49.0 Å². The average molecular weight is 412 g/mol. The Morgan fingerprint density at radius 1 is 1.17 bits per heavy atom. The summed E-state index contributed by atoms with van der Waals surface area (Å²) in [4.78, 5) is 23.5. The van der Waals surface area contributed by atoms with Crippen molar-refractivity contribution in [3.8, 4) is 0 Å². The number of amides is 3. The lowest BCUT2D eigenvalue weighted by atomic mass is 10.3. The van der Waals surface area contributed by atoms with Gasteiger partial charge in [0.15, 0.2) is 0 Å². The molecule has 0 aliphatic heterocycles. The Kier molecular flexibility index (Phi) is 7.13. The number of hydrogen-bond donors (Lipinski definition) is 3. The van der Waals surface area contributed by atoms with Crippen molar-refractivity contribution in [2.45, 2.75) is 26.2 Å². The second-order valence-corrected chi connectivity index (χ2v) is 6.91. The highest BCUT2D eigenvalue weighted by Gasteiger charge is 2.08. The third kappa shape index (κ3) is 6.25. The van der Waals surface area contributed by atoms with Gasteiger partial charge in [0.2, 0.25) is 11.0 Å². The highest BCUT2D eigenvalue weighted by Crippen LogP contribution is 2.16. The first kappa shape index (κ1) is 18.3. The number of carbonyl (C=O) groups excluding carboxylic acids is 2. The number of benzene rings is 1. The zero-order chi connectivity index (χ0) is 17.4. The van der Waals surface area contributed by atoms with Gasteiger partial charge in [-0.25, -0.2) is 4.79 Å². The molecule has 0 unspecified atom stereocenters. The number of aromatic nitrogens is 2. The first-order chi connectivity index (χ1) is 11.6. The van der Waals surface area contributed by atoms with Gasteiger partial charge in [-0.15, -0.1) is 10.2 Å². The van der Waals surface area contributed by atoms with Gasteiger partial charge in [0.25, 0.3) is 0 Å². The summed E-state index contributed by atoms with van der Waals surface area (Å²) in [6.07, 6.45) is 2.00. The van der Waals surface area contributed by atoms with Gasteiger partial charge < -0.3 is 16.0 Å². The van der Waals surface area contributed by atoms with Gasteiger partial charge in [-0.2, -0.15) is 0 Å². The van der Waals surface area contributed by atoms with E-state index in [0.29, 0.717) is 10.8 Å². The number of aryl methyl sites for hydroxylation is 1. The maximum atomic E-state index is 11.8. The minimum atomic E-state index is -0.355. The molecule has 2 aromatic rings. The maximum absolute atomic E-state index is 11.8. The van der Waals surface area contributed by atoms with E-state index in [0.717, 1.165) is 22.3 Å². The van der Waals surface area contributed by atoms with Crippen LogP contribution in [0.25, 0.3) is 0 Å². The zero-order valence-electron chi connectivity index (χ0n) is 13.1. The Morgan fingerprint density at radius 2 is 1.92 bits per heavy atom. The number of hydrogen-bond acceptors (Lipinski definition) is 5. The van der Waals surface area contributed by atoms with Gasteiger partial charge in [0.05, 0.1) is 0 Å². The van der Waals surface area contributed by atoms with Gasteiger partial charge in [-0.3, -0.25) is 4.79 Å². The van der Waals surface area contributed by atoms with Crippen LogP contribution < -0.4 is 16.0 Å². The van der Waals surface area contributed by atoms with Gasteiger partial charge in [-0.05, 0) is 30.7 Å². The van der Waals surface area contributed by atoms with Gasteiger partial charge >= 0.3 is 6.03 Å². The van der Waals surface area contributed by atoms with Crippen molar-refractivity contribution in [2.24, 2.45) is 0 Å². The molecule has 3 amide bonds. The third-order valence-electron chi connectivity index (χ3n) is 2.92. The SMILES string of the molecule is CCCc1nnc(NC(=O)CCNC(=O)Nc2ccc(Br)cc2)s1. The Balaban J connectivity index is 1.67. The highest BCUT2D eigenvalue weighted by molar-refractivity contribution is 9.10. The topological polar surface area (TPSA) is 96.0 Å². The molecule has 0 radical (unpaired) electrons. The monoisotopic (exact) mass is 411 g/mol. The van der Waals surface area contributed by atoms with E-state index in [4.69, 9.17) is 0 Å². The van der Waals surface area contributed by atoms with Crippen LogP contribution in [0.15, 0.2) is 28.7 Å². The normalized spacial score (nSPS) is 10.2. The molecule has 7 nitrogen and oxygen atoms in total. The quantitative estimate of drug-likeness (QED) is 0.650. The van der Waals surface area contributed by atoms with Crippen LogP contribution in [0.3, 0.4) is 0 Å². The van der Waals surface area contributed by atoms with Crippen LogP contribution in [-0.4, -0.2) is 28.7 Å². The number of nitrogens with zero attached hydrogens (tertiary/aromatic N) is 2. The van der Waals surface area contributed by atoms with Gasteiger partial charge in [0.1, 0.15) is 5.01 Å². The van der Waals surface area contributed by atoms with E-state index in [1.165, 1.54) is 11.3 Å². The molecule has 0 fully saturated rings. The summed E-state index contributed by atoms with van der Waals surface area (Å²) in [6, 6.07) is 6.86. The predicted octanol–water partition coefficient (Wildman–Crippen LogP) is 3.40. The number of carbonyl (C=O) groups is 2. The Labute approximate surface area is 152 Å². The van der Waals surface area contributed by atoms with Gasteiger partial charge in [-0.1, -0.05) is 34.2 Å². The second-order valence-electron chi connectivity index (χ2n) is 4.94. The molecule has 0 spiro atoms. The summed E-state index contributed by atoms with van der Waals surface area (Å²) in [5, 5.41) is 17.3. The van der Waals surface area contributed by atoms with Gasteiger partial charge in [0, 0.05) is 29.5 Å². The van der Waals surface area contributed by atoms with E-state index in [-0.39, 0.29) is 24.9 Å². The molecule has 128 valence electrons. The minimum absolute atomic E-state index is 0.163. The molecule has 1 heterocycles. The molecule has 2 rings (SSSR count). The van der Waals surface area contributed by atoms with Crippen LogP contribution in [0, 0.1) is 0 Å². The van der Waals surface area contributed by atoms with Crippen LogP contribution in [0.2, 0.25) is 0 Å². The molecular weight excluding hydrogens is 394 g/mol. The Hall–Kier alpha value is -2.00. The Bertz CT molecular complexity index is 689. The lowest BCUT2D eigenvalue weighted by Crippen LogP contribution is -2.31. The van der Waals surface area contributed by atoms with Crippen molar-refractivity contribution in [1.82, 2.24) is 15.5 Å². The zero-order valence-corrected chi connectivity index (χ0v) is 15.5. The molecule has 0 aliphatic rings. The summed E-state index contributed by atoms with van der Waals surface area (Å²) in [7, 11) is 0. The molecule has 9 heteroatoms. The van der Waals surface area contributed by atoms with E-state index in [1.54, 1.807) is 12.1 Å². The molecular formula is C15H18BrN5O2S. The van der Waals surface area contributed by atoms with Crippen LogP contribution in [0.5, 0.6) is 0 Å². The van der Waals surface area contributed by atoms with Crippen LogP contribution in [0.4, 0.5) is 15.6 Å². The minimum Gasteiger partial charge on any atom is -0.337 e. The molecule has 0 saturated heterocycles. The molecule has 24 heavy (non-hydrogen) atoms. The first-order valence-electron chi connectivity index (χ1n) is 7.49. The maximum Gasteiger partial charge on any atom is 0.319 e. The highest BCUT2D eigenvalue weighted by atomic mass is 79.9. The molecule has 0 saturated carbocycles. The standard InChI is InChI=1S/C15H18BrN5O2S/c1-2-3-13-20-21-15(24-13)19-12(22)8-9-17-14(23)18-11-6-4-10(16)5-7-11/h4-7H,2-3,8-9H2,1H3,(H2,17,18,23)(H,19,21,22). The first-order valence-corrected chi connectivity index (χ1v) is 9.10. The van der Waals surface area contributed by atoms with Crippen molar-refractivity contribution in [1.29, 1.82) is 0 Å². The smallest absolute Gasteiger partial charge is 0.319 e. The van der Waals surface area contributed by atoms with E-state index < -0.39 is 0 Å². The number of urea groups is 1. The van der Waals surface area contributed by atoms with Crippen molar-refractivity contribution < 1.29 is 9.59 Å². The summed E-state index contributed by atoms with van der Waals surface area (Å²) < 4.78 is 0.934.